The average molecular weight is 245 g/mol. The van der Waals surface area contributed by atoms with Crippen LogP contribution in [-0.4, -0.2) is 9.55 Å². The van der Waals surface area contributed by atoms with Crippen LogP contribution in [0, 0.1) is 0 Å². The van der Waals surface area contributed by atoms with Crippen LogP contribution < -0.4 is 17.0 Å². The minimum absolute atomic E-state index is 0.320. The molecule has 0 bridgehead atoms. The van der Waals surface area contributed by atoms with Crippen LogP contribution in [0.5, 0.6) is 0 Å². The Morgan fingerprint density at radius 2 is 1.94 bits per heavy atom. The Morgan fingerprint density at radius 3 is 2.61 bits per heavy atom. The average Bonchev–Trinajstić information content (AvgIpc) is 2.35. The minimum Gasteiger partial charge on any atom is -0.398 e. The third-order valence-corrected chi connectivity index (χ3v) is 2.86. The van der Waals surface area contributed by atoms with E-state index < -0.39 is 5.69 Å². The number of anilines is 1. The van der Waals surface area contributed by atoms with Crippen LogP contribution in [0.25, 0.3) is 0 Å². The fourth-order valence-corrected chi connectivity index (χ4v) is 1.79. The van der Waals surface area contributed by atoms with Crippen molar-refractivity contribution < 1.29 is 0 Å². The lowest BCUT2D eigenvalue weighted by molar-refractivity contribution is 0.709. The standard InChI is InChI=1S/C13H15N3O2/c1-2-9-7-16(13(18)15-12(9)17)8-10-5-3-4-6-11(10)14/h3-7H,2,8,14H2,1H3,(H,15,17,18). The van der Waals surface area contributed by atoms with Crippen molar-refractivity contribution in [2.75, 3.05) is 5.73 Å². The molecule has 0 saturated carbocycles. The molecule has 2 aromatic rings. The Kier molecular flexibility index (Phi) is 3.32. The third-order valence-electron chi connectivity index (χ3n) is 2.86. The Morgan fingerprint density at radius 1 is 1.22 bits per heavy atom. The summed E-state index contributed by atoms with van der Waals surface area (Å²) in [5.74, 6) is 0. The van der Waals surface area contributed by atoms with E-state index in [1.165, 1.54) is 4.57 Å². The van der Waals surface area contributed by atoms with Gasteiger partial charge in [-0.3, -0.25) is 14.3 Å². The first-order valence-corrected chi connectivity index (χ1v) is 5.78. The maximum atomic E-state index is 11.7. The van der Waals surface area contributed by atoms with E-state index in [0.29, 0.717) is 24.2 Å². The normalized spacial score (nSPS) is 10.5. The summed E-state index contributed by atoms with van der Waals surface area (Å²) in [7, 11) is 0. The van der Waals surface area contributed by atoms with Crippen molar-refractivity contribution in [3.8, 4) is 0 Å². The predicted octanol–water partition coefficient (Wildman–Crippen LogP) is 0.730. The maximum absolute atomic E-state index is 11.7. The molecule has 3 N–H and O–H groups in total. The molecule has 1 heterocycles. The summed E-state index contributed by atoms with van der Waals surface area (Å²) in [4.78, 5) is 25.4. The summed E-state index contributed by atoms with van der Waals surface area (Å²) in [5, 5.41) is 0. The van der Waals surface area contributed by atoms with Crippen LogP contribution in [0.2, 0.25) is 0 Å². The number of H-pyrrole nitrogens is 1. The maximum Gasteiger partial charge on any atom is 0.328 e. The molecular weight excluding hydrogens is 230 g/mol. The van der Waals surface area contributed by atoms with Gasteiger partial charge in [-0.05, 0) is 18.1 Å². The zero-order valence-electron chi connectivity index (χ0n) is 10.1. The minimum atomic E-state index is -0.416. The summed E-state index contributed by atoms with van der Waals surface area (Å²) in [6.45, 7) is 2.23. The van der Waals surface area contributed by atoms with Gasteiger partial charge in [-0.1, -0.05) is 25.1 Å². The number of nitrogens with one attached hydrogen (secondary N) is 1. The number of aromatic nitrogens is 2. The van der Waals surface area contributed by atoms with E-state index in [1.54, 1.807) is 12.3 Å². The van der Waals surface area contributed by atoms with Gasteiger partial charge in [0.05, 0.1) is 6.54 Å². The fourth-order valence-electron chi connectivity index (χ4n) is 1.79. The summed E-state index contributed by atoms with van der Waals surface area (Å²) in [6, 6.07) is 7.35. The van der Waals surface area contributed by atoms with Crippen molar-refractivity contribution in [3.05, 3.63) is 62.4 Å². The molecule has 0 unspecified atom stereocenters. The third kappa shape index (κ3) is 2.34. The molecular formula is C13H15N3O2. The number of nitrogens with two attached hydrogens (primary N) is 1. The monoisotopic (exact) mass is 245 g/mol. The largest absolute Gasteiger partial charge is 0.398 e. The van der Waals surface area contributed by atoms with Gasteiger partial charge in [0, 0.05) is 17.4 Å². The van der Waals surface area contributed by atoms with E-state index in [9.17, 15) is 9.59 Å². The SMILES string of the molecule is CCc1cn(Cc2ccccc2N)c(=O)[nH]c1=O. The van der Waals surface area contributed by atoms with Crippen molar-refractivity contribution in [3.63, 3.8) is 0 Å². The first-order valence-electron chi connectivity index (χ1n) is 5.78. The van der Waals surface area contributed by atoms with Crippen LogP contribution in [0.1, 0.15) is 18.1 Å². The first-order chi connectivity index (χ1) is 8.61. The van der Waals surface area contributed by atoms with Gasteiger partial charge in [0.2, 0.25) is 0 Å². The fraction of sp³-hybridized carbons (Fsp3) is 0.231. The molecule has 0 fully saturated rings. The molecule has 0 aliphatic carbocycles. The highest BCUT2D eigenvalue weighted by atomic mass is 16.2. The number of hydrogen-bond acceptors (Lipinski definition) is 3. The summed E-state index contributed by atoms with van der Waals surface area (Å²) >= 11 is 0. The second-order valence-corrected chi connectivity index (χ2v) is 4.09. The number of para-hydroxylation sites is 1. The number of hydrogen-bond donors (Lipinski definition) is 2. The van der Waals surface area contributed by atoms with E-state index in [-0.39, 0.29) is 5.56 Å². The Labute approximate surface area is 104 Å². The van der Waals surface area contributed by atoms with Crippen molar-refractivity contribution in [2.24, 2.45) is 0 Å². The molecule has 1 aromatic carbocycles. The number of benzene rings is 1. The van der Waals surface area contributed by atoms with Gasteiger partial charge in [0.1, 0.15) is 0 Å². The van der Waals surface area contributed by atoms with Crippen LogP contribution >= 0.6 is 0 Å². The van der Waals surface area contributed by atoms with Gasteiger partial charge in [-0.15, -0.1) is 0 Å². The van der Waals surface area contributed by atoms with Crippen LogP contribution in [0.3, 0.4) is 0 Å². The smallest absolute Gasteiger partial charge is 0.328 e. The molecule has 94 valence electrons. The number of nitrogens with zero attached hydrogens (tertiary/aromatic N) is 1. The number of aromatic amines is 1. The first kappa shape index (κ1) is 12.2. The number of aryl methyl sites for hydroxylation is 1. The van der Waals surface area contributed by atoms with Gasteiger partial charge in [0.15, 0.2) is 0 Å². The summed E-state index contributed by atoms with van der Waals surface area (Å²) < 4.78 is 1.46. The van der Waals surface area contributed by atoms with E-state index in [0.717, 1.165) is 5.56 Å². The summed E-state index contributed by atoms with van der Waals surface area (Å²) in [6.07, 6.45) is 2.17. The highest BCUT2D eigenvalue weighted by molar-refractivity contribution is 5.46. The van der Waals surface area contributed by atoms with Crippen molar-refractivity contribution >= 4 is 5.69 Å². The lowest BCUT2D eigenvalue weighted by Crippen LogP contribution is -2.32. The zero-order chi connectivity index (χ0) is 13.1. The molecule has 5 nitrogen and oxygen atoms in total. The van der Waals surface area contributed by atoms with Crippen molar-refractivity contribution in [1.82, 2.24) is 9.55 Å². The van der Waals surface area contributed by atoms with Gasteiger partial charge in [-0.2, -0.15) is 0 Å². The van der Waals surface area contributed by atoms with Crippen molar-refractivity contribution in [2.45, 2.75) is 19.9 Å². The van der Waals surface area contributed by atoms with Gasteiger partial charge < -0.3 is 5.73 Å². The Hall–Kier alpha value is -2.30. The lowest BCUT2D eigenvalue weighted by atomic mass is 10.2. The van der Waals surface area contributed by atoms with Gasteiger partial charge in [-0.25, -0.2) is 4.79 Å². The Balaban J connectivity index is 2.44. The van der Waals surface area contributed by atoms with E-state index >= 15 is 0 Å². The molecule has 1 aromatic heterocycles. The Bertz CT molecular complexity index is 670. The molecule has 0 saturated heterocycles. The second kappa shape index (κ2) is 4.91. The predicted molar refractivity (Wildman–Crippen MR) is 70.7 cm³/mol. The molecule has 0 radical (unpaired) electrons. The number of rotatable bonds is 3. The van der Waals surface area contributed by atoms with E-state index in [1.807, 2.05) is 25.1 Å². The van der Waals surface area contributed by atoms with Crippen LogP contribution in [0.4, 0.5) is 5.69 Å². The highest BCUT2D eigenvalue weighted by Gasteiger charge is 2.05. The number of nitrogen functional groups attached to an aromatic ring is 1. The molecule has 0 atom stereocenters. The van der Waals surface area contributed by atoms with Crippen molar-refractivity contribution in [1.29, 1.82) is 0 Å². The molecule has 5 heteroatoms. The molecule has 0 amide bonds. The van der Waals surface area contributed by atoms with E-state index in [4.69, 9.17) is 5.73 Å². The topological polar surface area (TPSA) is 80.9 Å². The van der Waals surface area contributed by atoms with E-state index in [2.05, 4.69) is 4.98 Å². The zero-order valence-corrected chi connectivity index (χ0v) is 10.1. The highest BCUT2D eigenvalue weighted by Crippen LogP contribution is 2.11. The lowest BCUT2D eigenvalue weighted by Gasteiger charge is -2.08. The molecule has 0 aliphatic rings. The molecule has 2 rings (SSSR count). The molecule has 0 aliphatic heterocycles. The molecule has 18 heavy (non-hydrogen) atoms. The van der Waals surface area contributed by atoms with Crippen LogP contribution in [-0.2, 0) is 13.0 Å². The van der Waals surface area contributed by atoms with Crippen LogP contribution in [0.15, 0.2) is 40.1 Å². The van der Waals surface area contributed by atoms with Gasteiger partial charge in [0.25, 0.3) is 5.56 Å². The molecule has 0 spiro atoms. The second-order valence-electron chi connectivity index (χ2n) is 4.09. The quantitative estimate of drug-likeness (QED) is 0.782. The van der Waals surface area contributed by atoms with Gasteiger partial charge >= 0.3 is 5.69 Å². The summed E-state index contributed by atoms with van der Waals surface area (Å²) in [5.41, 5.74) is 7.17.